The van der Waals surface area contributed by atoms with E-state index in [9.17, 15) is 28.3 Å². The number of carbonyl (C=O) groups excluding carboxylic acids is 2. The van der Waals surface area contributed by atoms with Gasteiger partial charge in [-0.3, -0.25) is 9.59 Å². The molecule has 138 valence electrons. The van der Waals surface area contributed by atoms with Crippen LogP contribution in [-0.4, -0.2) is 46.2 Å². The average molecular weight is 358 g/mol. The number of benzene rings is 1. The van der Waals surface area contributed by atoms with Gasteiger partial charge in [-0.15, -0.1) is 0 Å². The van der Waals surface area contributed by atoms with E-state index in [-0.39, 0.29) is 0 Å². The minimum absolute atomic E-state index is 0.464. The van der Waals surface area contributed by atoms with Gasteiger partial charge >= 0.3 is 5.97 Å². The molecule has 0 aromatic heterocycles. The molecule has 1 rings (SSSR count). The summed E-state index contributed by atoms with van der Waals surface area (Å²) in [4.78, 5) is 35.1. The molecule has 1 aromatic rings. The van der Waals surface area contributed by atoms with Crippen molar-refractivity contribution < 1.29 is 33.4 Å². The Morgan fingerprint density at radius 1 is 1.20 bits per heavy atom. The van der Waals surface area contributed by atoms with Gasteiger partial charge in [0.25, 0.3) is 5.91 Å². The second-order valence-electron chi connectivity index (χ2n) is 6.09. The number of amides is 2. The number of aliphatic hydroxyl groups is 1. The molecule has 0 saturated heterocycles. The number of carbonyl (C=O) groups is 3. The lowest BCUT2D eigenvalue weighted by Gasteiger charge is -2.24. The van der Waals surface area contributed by atoms with E-state index in [0.717, 1.165) is 25.1 Å². The number of carboxylic acids is 1. The maximum Gasteiger partial charge on any atom is 0.337 e. The number of aliphatic carboxylic acids is 1. The first kappa shape index (κ1) is 20.5. The molecule has 0 spiro atoms. The van der Waals surface area contributed by atoms with Gasteiger partial charge in [-0.2, -0.15) is 0 Å². The van der Waals surface area contributed by atoms with Crippen LogP contribution in [0.2, 0.25) is 0 Å². The highest BCUT2D eigenvalue weighted by atomic mass is 19.1. The van der Waals surface area contributed by atoms with Crippen molar-refractivity contribution >= 4 is 17.8 Å². The number of halogens is 2. The standard InChI is InChI=1S/C16H20F2N2O5/c1-8(2)12(14(22)19-7-16(3,25)15(23)24)20-13(21)11-9(17)5-4-6-10(11)18/h4-6,8,12,25H,7H2,1-3H3,(H,19,22)(H,20,21)(H,23,24). The molecule has 0 aliphatic rings. The second-order valence-corrected chi connectivity index (χ2v) is 6.09. The Labute approximate surface area is 143 Å². The quantitative estimate of drug-likeness (QED) is 0.572. The maximum absolute atomic E-state index is 13.6. The van der Waals surface area contributed by atoms with Crippen molar-refractivity contribution in [1.29, 1.82) is 0 Å². The van der Waals surface area contributed by atoms with Gasteiger partial charge in [0.1, 0.15) is 23.2 Å². The molecule has 0 aliphatic carbocycles. The zero-order chi connectivity index (χ0) is 19.4. The number of nitrogens with one attached hydrogen (secondary N) is 2. The van der Waals surface area contributed by atoms with Crippen LogP contribution in [0.15, 0.2) is 18.2 Å². The first-order chi connectivity index (χ1) is 11.5. The highest BCUT2D eigenvalue weighted by molar-refractivity contribution is 5.98. The molecule has 4 N–H and O–H groups in total. The lowest BCUT2D eigenvalue weighted by molar-refractivity contribution is -0.156. The molecule has 0 saturated carbocycles. The fraction of sp³-hybridized carbons (Fsp3) is 0.438. The van der Waals surface area contributed by atoms with Crippen LogP contribution in [0.1, 0.15) is 31.1 Å². The van der Waals surface area contributed by atoms with E-state index in [1.54, 1.807) is 13.8 Å². The average Bonchev–Trinajstić information content (AvgIpc) is 2.49. The van der Waals surface area contributed by atoms with Gasteiger partial charge in [0.2, 0.25) is 5.91 Å². The second kappa shape index (κ2) is 8.02. The first-order valence-corrected chi connectivity index (χ1v) is 7.45. The number of hydrogen-bond donors (Lipinski definition) is 4. The number of carboxylic acid groups (broad SMARTS) is 1. The Hall–Kier alpha value is -2.55. The number of rotatable bonds is 7. The maximum atomic E-state index is 13.6. The largest absolute Gasteiger partial charge is 0.479 e. The smallest absolute Gasteiger partial charge is 0.337 e. The summed E-state index contributed by atoms with van der Waals surface area (Å²) < 4.78 is 27.3. The van der Waals surface area contributed by atoms with Gasteiger partial charge in [0.15, 0.2) is 5.60 Å². The van der Waals surface area contributed by atoms with Crippen LogP contribution >= 0.6 is 0 Å². The summed E-state index contributed by atoms with van der Waals surface area (Å²) in [5, 5.41) is 22.8. The van der Waals surface area contributed by atoms with E-state index in [0.29, 0.717) is 0 Å². The van der Waals surface area contributed by atoms with E-state index in [1.165, 1.54) is 0 Å². The Morgan fingerprint density at radius 3 is 2.16 bits per heavy atom. The molecule has 2 unspecified atom stereocenters. The Morgan fingerprint density at radius 2 is 1.72 bits per heavy atom. The normalized spacial score (nSPS) is 14.5. The SMILES string of the molecule is CC(C)C(NC(=O)c1c(F)cccc1F)C(=O)NCC(C)(O)C(=O)O. The lowest BCUT2D eigenvalue weighted by Crippen LogP contribution is -2.54. The molecule has 1 aromatic carbocycles. The van der Waals surface area contributed by atoms with Crippen molar-refractivity contribution in [3.05, 3.63) is 35.4 Å². The van der Waals surface area contributed by atoms with Crippen LogP contribution in [0.4, 0.5) is 8.78 Å². The molecule has 7 nitrogen and oxygen atoms in total. The van der Waals surface area contributed by atoms with Crippen LogP contribution in [-0.2, 0) is 9.59 Å². The highest BCUT2D eigenvalue weighted by Crippen LogP contribution is 2.13. The van der Waals surface area contributed by atoms with Crippen molar-refractivity contribution in [1.82, 2.24) is 10.6 Å². The van der Waals surface area contributed by atoms with Gasteiger partial charge < -0.3 is 20.8 Å². The Balaban J connectivity index is 2.89. The third-order valence-corrected chi connectivity index (χ3v) is 3.49. The summed E-state index contributed by atoms with van der Waals surface area (Å²) in [7, 11) is 0. The Kier molecular flexibility index (Phi) is 6.57. The van der Waals surface area contributed by atoms with Gasteiger partial charge in [-0.1, -0.05) is 19.9 Å². The molecular weight excluding hydrogens is 338 g/mol. The predicted molar refractivity (Wildman–Crippen MR) is 83.7 cm³/mol. The van der Waals surface area contributed by atoms with Gasteiger partial charge in [0.05, 0.1) is 6.54 Å². The molecule has 2 atom stereocenters. The van der Waals surface area contributed by atoms with Crippen molar-refractivity contribution in [3.63, 3.8) is 0 Å². The molecule has 9 heteroatoms. The van der Waals surface area contributed by atoms with Crippen molar-refractivity contribution in [2.75, 3.05) is 6.54 Å². The van der Waals surface area contributed by atoms with E-state index in [2.05, 4.69) is 10.6 Å². The molecule has 0 bridgehead atoms. The summed E-state index contributed by atoms with van der Waals surface area (Å²) in [6.07, 6.45) is 0. The van der Waals surface area contributed by atoms with Crippen molar-refractivity contribution in [2.24, 2.45) is 5.92 Å². The first-order valence-electron chi connectivity index (χ1n) is 7.45. The fourth-order valence-electron chi connectivity index (χ4n) is 1.91. The van der Waals surface area contributed by atoms with E-state index in [4.69, 9.17) is 5.11 Å². The van der Waals surface area contributed by atoms with Crippen molar-refractivity contribution in [3.8, 4) is 0 Å². The lowest BCUT2D eigenvalue weighted by atomic mass is 10.0. The molecule has 2 amide bonds. The molecular formula is C16H20F2N2O5. The summed E-state index contributed by atoms with van der Waals surface area (Å²) >= 11 is 0. The number of hydrogen-bond acceptors (Lipinski definition) is 4. The predicted octanol–water partition coefficient (Wildman–Crippen LogP) is 0.671. The van der Waals surface area contributed by atoms with Crippen LogP contribution in [0, 0.1) is 17.6 Å². The monoisotopic (exact) mass is 358 g/mol. The van der Waals surface area contributed by atoms with E-state index in [1.807, 2.05) is 0 Å². The van der Waals surface area contributed by atoms with Crippen LogP contribution in [0.25, 0.3) is 0 Å². The minimum atomic E-state index is -2.20. The topological polar surface area (TPSA) is 116 Å². The van der Waals surface area contributed by atoms with Gasteiger partial charge in [0, 0.05) is 0 Å². The van der Waals surface area contributed by atoms with Crippen LogP contribution in [0.3, 0.4) is 0 Å². The van der Waals surface area contributed by atoms with Crippen LogP contribution < -0.4 is 10.6 Å². The molecule has 0 aliphatic heterocycles. The summed E-state index contributed by atoms with van der Waals surface area (Å²) in [6.45, 7) is 3.55. The molecule has 0 fully saturated rings. The zero-order valence-electron chi connectivity index (χ0n) is 14.0. The van der Waals surface area contributed by atoms with E-state index < -0.39 is 59.1 Å². The zero-order valence-corrected chi connectivity index (χ0v) is 14.0. The third-order valence-electron chi connectivity index (χ3n) is 3.49. The summed E-state index contributed by atoms with van der Waals surface area (Å²) in [6, 6.07) is 1.73. The minimum Gasteiger partial charge on any atom is -0.479 e. The summed E-state index contributed by atoms with van der Waals surface area (Å²) in [5.41, 5.74) is -3.02. The molecule has 0 radical (unpaired) electrons. The third kappa shape index (κ3) is 5.21. The van der Waals surface area contributed by atoms with Crippen LogP contribution in [0.5, 0.6) is 0 Å². The fourth-order valence-corrected chi connectivity index (χ4v) is 1.91. The van der Waals surface area contributed by atoms with E-state index >= 15 is 0 Å². The van der Waals surface area contributed by atoms with Crippen molar-refractivity contribution in [2.45, 2.75) is 32.4 Å². The Bertz CT molecular complexity index is 656. The van der Waals surface area contributed by atoms with Gasteiger partial charge in [-0.05, 0) is 25.0 Å². The highest BCUT2D eigenvalue weighted by Gasteiger charge is 2.33. The summed E-state index contributed by atoms with van der Waals surface area (Å²) in [5.74, 6) is -6.06. The molecule has 25 heavy (non-hydrogen) atoms. The molecule has 0 heterocycles. The van der Waals surface area contributed by atoms with Gasteiger partial charge in [-0.25, -0.2) is 13.6 Å².